The summed E-state index contributed by atoms with van der Waals surface area (Å²) in [4.78, 5) is 56.5. The van der Waals surface area contributed by atoms with Crippen LogP contribution in [0.1, 0.15) is 40.1 Å². The van der Waals surface area contributed by atoms with E-state index in [1.165, 1.54) is 0 Å². The number of Topliss-reactive ketones (excluding diaryl/α,β-unsaturated/α-hetero) is 2. The predicted molar refractivity (Wildman–Crippen MR) is 120 cm³/mol. The minimum Gasteiger partial charge on any atom is -0.466 e. The van der Waals surface area contributed by atoms with Gasteiger partial charge in [-0.25, -0.2) is 4.79 Å². The van der Waals surface area contributed by atoms with Crippen LogP contribution in [0.15, 0.2) is 54.6 Å². The first-order valence-electron chi connectivity index (χ1n) is 11.1. The number of carbonyl (C=O) groups is 4. The zero-order valence-electron chi connectivity index (χ0n) is 18.3. The molecule has 2 heterocycles. The van der Waals surface area contributed by atoms with Crippen LogP contribution in [0, 0.1) is 11.3 Å². The molecule has 168 valence electrons. The smallest absolute Gasteiger partial charge is 0.329 e. The Morgan fingerprint density at radius 1 is 0.879 bits per heavy atom. The Bertz CT molecular complexity index is 1180. The highest BCUT2D eigenvalue weighted by atomic mass is 16.5. The molecule has 2 aromatic carbocycles. The van der Waals surface area contributed by atoms with Crippen molar-refractivity contribution in [2.24, 2.45) is 11.3 Å². The van der Waals surface area contributed by atoms with Gasteiger partial charge in [0.1, 0.15) is 17.4 Å². The second-order valence-electron chi connectivity index (χ2n) is 8.27. The summed E-state index contributed by atoms with van der Waals surface area (Å²) in [5, 5.41) is 0. The van der Waals surface area contributed by atoms with Gasteiger partial charge < -0.3 is 14.4 Å². The number of hydrogen-bond acceptors (Lipinski definition) is 7. The quantitative estimate of drug-likeness (QED) is 0.528. The second-order valence-corrected chi connectivity index (χ2v) is 8.27. The van der Waals surface area contributed by atoms with Gasteiger partial charge >= 0.3 is 11.9 Å². The number of nitrogens with zero attached hydrogens (tertiary/aromatic N) is 1. The van der Waals surface area contributed by atoms with Crippen LogP contribution in [0.25, 0.3) is 6.08 Å². The van der Waals surface area contributed by atoms with Crippen LogP contribution >= 0.6 is 0 Å². The minimum absolute atomic E-state index is 0.0490. The molecule has 1 saturated heterocycles. The zero-order valence-corrected chi connectivity index (χ0v) is 18.3. The van der Waals surface area contributed by atoms with Gasteiger partial charge in [0.05, 0.1) is 19.3 Å². The Balaban J connectivity index is 1.80. The average Bonchev–Trinajstić information content (AvgIpc) is 3.26. The number of ether oxygens (including phenoxy) is 2. The molecule has 2 aliphatic heterocycles. The van der Waals surface area contributed by atoms with E-state index in [1.807, 2.05) is 30.3 Å². The predicted octanol–water partition coefficient (Wildman–Crippen LogP) is 3.08. The molecule has 0 aromatic heterocycles. The maximum atomic E-state index is 14.0. The van der Waals surface area contributed by atoms with Crippen molar-refractivity contribution in [2.75, 3.05) is 18.1 Å². The number of rotatable bonds is 4. The fourth-order valence-corrected chi connectivity index (χ4v) is 5.59. The molecule has 1 spiro atoms. The molecule has 1 fully saturated rings. The molecule has 1 aliphatic carbocycles. The van der Waals surface area contributed by atoms with E-state index in [9.17, 15) is 19.2 Å². The van der Waals surface area contributed by atoms with E-state index < -0.39 is 46.9 Å². The van der Waals surface area contributed by atoms with Crippen LogP contribution in [0.2, 0.25) is 0 Å². The number of para-hydroxylation sites is 1. The maximum absolute atomic E-state index is 14.0. The van der Waals surface area contributed by atoms with E-state index in [4.69, 9.17) is 9.47 Å². The van der Waals surface area contributed by atoms with Crippen molar-refractivity contribution in [2.45, 2.75) is 25.9 Å². The monoisotopic (exact) mass is 445 g/mol. The van der Waals surface area contributed by atoms with Gasteiger partial charge in [-0.05, 0) is 25.5 Å². The molecule has 0 N–H and O–H groups in total. The number of esters is 2. The van der Waals surface area contributed by atoms with Crippen LogP contribution in [0.3, 0.4) is 0 Å². The first-order valence-corrected chi connectivity index (χ1v) is 11.1. The molecule has 0 saturated carbocycles. The number of fused-ring (bicyclic) bond motifs is 5. The van der Waals surface area contributed by atoms with Crippen LogP contribution < -0.4 is 4.90 Å². The lowest BCUT2D eigenvalue weighted by molar-refractivity contribution is -0.157. The molecular formula is C26H23NO6. The van der Waals surface area contributed by atoms with Crippen molar-refractivity contribution >= 4 is 35.3 Å². The van der Waals surface area contributed by atoms with Gasteiger partial charge in [-0.15, -0.1) is 0 Å². The third-order valence-electron chi connectivity index (χ3n) is 6.78. The topological polar surface area (TPSA) is 90.0 Å². The van der Waals surface area contributed by atoms with Crippen molar-refractivity contribution in [3.8, 4) is 0 Å². The van der Waals surface area contributed by atoms with Crippen molar-refractivity contribution in [3.05, 3.63) is 71.3 Å². The highest BCUT2D eigenvalue weighted by Crippen LogP contribution is 2.57. The number of anilines is 1. The highest BCUT2D eigenvalue weighted by Gasteiger charge is 2.74. The number of carbonyl (C=O) groups excluding carboxylic acids is 4. The lowest BCUT2D eigenvalue weighted by Gasteiger charge is -2.36. The SMILES string of the molecule is CCOC(=O)[C@H]1[C@H](C(=O)OCC)C2(C(=O)c3ccccc3C2=O)[C@@H]2C=Cc3ccccc3N21. The van der Waals surface area contributed by atoms with E-state index >= 15 is 0 Å². The molecule has 33 heavy (non-hydrogen) atoms. The fraction of sp³-hybridized carbons (Fsp3) is 0.308. The van der Waals surface area contributed by atoms with Crippen LogP contribution in [-0.4, -0.2) is 48.8 Å². The largest absolute Gasteiger partial charge is 0.466 e. The van der Waals surface area contributed by atoms with E-state index in [1.54, 1.807) is 49.1 Å². The van der Waals surface area contributed by atoms with Crippen molar-refractivity contribution < 1.29 is 28.7 Å². The molecule has 7 heteroatoms. The van der Waals surface area contributed by atoms with Crippen LogP contribution in [-0.2, 0) is 19.1 Å². The number of ketones is 2. The zero-order chi connectivity index (χ0) is 23.3. The van der Waals surface area contributed by atoms with Crippen LogP contribution in [0.4, 0.5) is 5.69 Å². The van der Waals surface area contributed by atoms with E-state index in [0.29, 0.717) is 5.69 Å². The van der Waals surface area contributed by atoms with Gasteiger partial charge in [0, 0.05) is 16.8 Å². The summed E-state index contributed by atoms with van der Waals surface area (Å²) in [6.07, 6.45) is 3.58. The molecule has 0 radical (unpaired) electrons. The third kappa shape index (κ3) is 2.68. The van der Waals surface area contributed by atoms with Gasteiger partial charge in [0.2, 0.25) is 0 Å². The number of benzene rings is 2. The Labute approximate surface area is 191 Å². The summed E-state index contributed by atoms with van der Waals surface area (Å²) >= 11 is 0. The average molecular weight is 445 g/mol. The normalized spacial score (nSPS) is 23.8. The van der Waals surface area contributed by atoms with Gasteiger partial charge in [-0.3, -0.25) is 14.4 Å². The Morgan fingerprint density at radius 3 is 2.09 bits per heavy atom. The van der Waals surface area contributed by atoms with Gasteiger partial charge in [-0.2, -0.15) is 0 Å². The van der Waals surface area contributed by atoms with E-state index in [0.717, 1.165) is 5.56 Å². The highest BCUT2D eigenvalue weighted by molar-refractivity contribution is 6.32. The Kier molecular flexibility index (Phi) is 4.92. The molecule has 3 atom stereocenters. The Hall–Kier alpha value is -3.74. The third-order valence-corrected chi connectivity index (χ3v) is 6.78. The summed E-state index contributed by atoms with van der Waals surface area (Å²) < 4.78 is 10.7. The molecular weight excluding hydrogens is 422 g/mol. The van der Waals surface area contributed by atoms with Crippen molar-refractivity contribution in [1.82, 2.24) is 0 Å². The summed E-state index contributed by atoms with van der Waals surface area (Å²) in [6, 6.07) is 11.9. The fourth-order valence-electron chi connectivity index (χ4n) is 5.59. The van der Waals surface area contributed by atoms with Gasteiger partial charge in [0.25, 0.3) is 0 Å². The van der Waals surface area contributed by atoms with E-state index in [-0.39, 0.29) is 24.3 Å². The van der Waals surface area contributed by atoms with Gasteiger partial charge in [-0.1, -0.05) is 54.6 Å². The molecule has 7 nitrogen and oxygen atoms in total. The summed E-state index contributed by atoms with van der Waals surface area (Å²) in [6.45, 7) is 3.46. The van der Waals surface area contributed by atoms with Gasteiger partial charge in [0.15, 0.2) is 11.6 Å². The lowest BCUT2D eigenvalue weighted by Crippen LogP contribution is -2.51. The second kappa shape index (κ2) is 7.69. The molecule has 5 rings (SSSR count). The molecule has 2 aromatic rings. The summed E-state index contributed by atoms with van der Waals surface area (Å²) in [7, 11) is 0. The Morgan fingerprint density at radius 2 is 1.45 bits per heavy atom. The lowest BCUT2D eigenvalue weighted by atomic mass is 9.67. The van der Waals surface area contributed by atoms with Crippen molar-refractivity contribution in [3.63, 3.8) is 0 Å². The van der Waals surface area contributed by atoms with E-state index in [2.05, 4.69) is 0 Å². The van der Waals surface area contributed by atoms with Crippen molar-refractivity contribution in [1.29, 1.82) is 0 Å². The molecule has 0 bridgehead atoms. The standard InChI is InChI=1S/C26H23NO6/c1-3-32-24(30)20-21(25(31)33-4-2)27-18-12-8-5-9-15(18)13-14-19(27)26(20)22(28)16-10-6-7-11-17(16)23(26)29/h5-14,19-21H,3-4H2,1-2H3/t19-,20+,21+/m0/s1. The first-order chi connectivity index (χ1) is 16.0. The summed E-state index contributed by atoms with van der Waals surface area (Å²) in [5.41, 5.74) is 0.170. The molecule has 0 unspecified atom stereocenters. The van der Waals surface area contributed by atoms with Crippen LogP contribution in [0.5, 0.6) is 0 Å². The molecule has 3 aliphatic rings. The minimum atomic E-state index is -1.82. The first kappa shape index (κ1) is 21.1. The number of hydrogen-bond donors (Lipinski definition) is 0. The molecule has 0 amide bonds. The summed E-state index contributed by atoms with van der Waals surface area (Å²) in [5.74, 6) is -3.71. The maximum Gasteiger partial charge on any atom is 0.329 e.